The van der Waals surface area contributed by atoms with Crippen molar-refractivity contribution in [1.82, 2.24) is 0 Å². The largest absolute Gasteiger partial charge is 0.0616 e. The second kappa shape index (κ2) is 6.18. The van der Waals surface area contributed by atoms with E-state index in [1.54, 1.807) is 0 Å². The van der Waals surface area contributed by atoms with E-state index in [2.05, 4.69) is 110 Å². The van der Waals surface area contributed by atoms with Crippen LogP contribution in [-0.4, -0.2) is 0 Å². The van der Waals surface area contributed by atoms with Crippen LogP contribution in [-0.2, 0) is 0 Å². The van der Waals surface area contributed by atoms with Gasteiger partial charge in [0.15, 0.2) is 0 Å². The summed E-state index contributed by atoms with van der Waals surface area (Å²) < 4.78 is 0. The second-order valence-corrected chi connectivity index (χ2v) is 7.81. The molecule has 0 bridgehead atoms. The zero-order chi connectivity index (χ0) is 19.4. The Morgan fingerprint density at radius 3 is 1.59 bits per heavy atom. The van der Waals surface area contributed by atoms with E-state index in [0.29, 0.717) is 0 Å². The zero-order valence-electron chi connectivity index (χ0n) is 16.3. The average molecular weight is 368 g/mol. The van der Waals surface area contributed by atoms with E-state index in [4.69, 9.17) is 0 Å². The monoisotopic (exact) mass is 368 g/mol. The summed E-state index contributed by atoms with van der Waals surface area (Å²) in [7, 11) is 0. The Bertz CT molecular complexity index is 1520. The van der Waals surface area contributed by atoms with Gasteiger partial charge in [0.2, 0.25) is 0 Å². The van der Waals surface area contributed by atoms with Gasteiger partial charge in [-0.1, -0.05) is 97.1 Å². The topological polar surface area (TPSA) is 0 Å². The molecule has 0 unspecified atom stereocenters. The van der Waals surface area contributed by atoms with Gasteiger partial charge in [0.25, 0.3) is 0 Å². The fourth-order valence-corrected chi connectivity index (χ4v) is 4.81. The third kappa shape index (κ3) is 2.39. The molecule has 29 heavy (non-hydrogen) atoms. The van der Waals surface area contributed by atoms with Gasteiger partial charge >= 0.3 is 0 Å². The van der Waals surface area contributed by atoms with Gasteiger partial charge in [-0.3, -0.25) is 0 Å². The molecule has 0 saturated heterocycles. The molecule has 6 aromatic rings. The lowest BCUT2D eigenvalue weighted by atomic mass is 9.90. The third-order valence-corrected chi connectivity index (χ3v) is 6.25. The molecule has 0 radical (unpaired) electrons. The summed E-state index contributed by atoms with van der Waals surface area (Å²) in [4.78, 5) is 0. The predicted octanol–water partition coefficient (Wildman–Crippen LogP) is 8.27. The van der Waals surface area contributed by atoms with Crippen molar-refractivity contribution >= 4 is 43.1 Å². The summed E-state index contributed by atoms with van der Waals surface area (Å²) >= 11 is 0. The molecule has 0 aliphatic carbocycles. The van der Waals surface area contributed by atoms with Crippen molar-refractivity contribution in [2.24, 2.45) is 0 Å². The van der Waals surface area contributed by atoms with Crippen LogP contribution in [0.25, 0.3) is 54.2 Å². The molecule has 0 N–H and O–H groups in total. The van der Waals surface area contributed by atoms with Crippen LogP contribution >= 0.6 is 0 Å². The first-order valence-electron chi connectivity index (χ1n) is 10.1. The highest BCUT2D eigenvalue weighted by molar-refractivity contribution is 6.25. The third-order valence-electron chi connectivity index (χ3n) is 6.25. The maximum Gasteiger partial charge on any atom is -0.00928 e. The van der Waals surface area contributed by atoms with E-state index >= 15 is 0 Å². The Morgan fingerprint density at radius 2 is 0.931 bits per heavy atom. The lowest BCUT2D eigenvalue weighted by Gasteiger charge is -2.14. The van der Waals surface area contributed by atoms with E-state index < -0.39 is 0 Å². The van der Waals surface area contributed by atoms with Crippen molar-refractivity contribution in [2.45, 2.75) is 6.92 Å². The fourth-order valence-electron chi connectivity index (χ4n) is 4.81. The number of hydrogen-bond acceptors (Lipinski definition) is 0. The summed E-state index contributed by atoms with van der Waals surface area (Å²) in [5.41, 5.74) is 3.93. The average Bonchev–Trinajstić information content (AvgIpc) is 2.79. The lowest BCUT2D eigenvalue weighted by molar-refractivity contribution is 1.51. The van der Waals surface area contributed by atoms with Crippen LogP contribution in [0.5, 0.6) is 0 Å². The van der Waals surface area contributed by atoms with Crippen molar-refractivity contribution in [3.63, 3.8) is 0 Å². The minimum Gasteiger partial charge on any atom is -0.0616 e. The standard InChI is InChI=1S/C29H20/c1-19-22-9-3-2-8-20(22)14-16-23(19)21-15-17-28-26-12-5-4-10-24(26)25-11-6-7-13-27(25)29(28)18-21/h2-18H,1H3. The van der Waals surface area contributed by atoms with E-state index in [1.807, 2.05) is 0 Å². The molecule has 0 fully saturated rings. The van der Waals surface area contributed by atoms with Gasteiger partial charge in [0.1, 0.15) is 0 Å². The summed E-state index contributed by atoms with van der Waals surface area (Å²) in [6.45, 7) is 2.24. The Labute approximate surface area is 170 Å². The van der Waals surface area contributed by atoms with Crippen LogP contribution in [0.3, 0.4) is 0 Å². The van der Waals surface area contributed by atoms with Gasteiger partial charge < -0.3 is 0 Å². The van der Waals surface area contributed by atoms with Crippen LogP contribution in [0.1, 0.15) is 5.56 Å². The van der Waals surface area contributed by atoms with E-state index in [-0.39, 0.29) is 0 Å². The van der Waals surface area contributed by atoms with Crippen LogP contribution < -0.4 is 0 Å². The predicted molar refractivity (Wildman–Crippen MR) is 127 cm³/mol. The second-order valence-electron chi connectivity index (χ2n) is 7.81. The van der Waals surface area contributed by atoms with Gasteiger partial charge in [0, 0.05) is 0 Å². The van der Waals surface area contributed by atoms with Crippen LogP contribution in [0.2, 0.25) is 0 Å². The zero-order valence-corrected chi connectivity index (χ0v) is 16.3. The maximum atomic E-state index is 2.38. The van der Waals surface area contributed by atoms with Gasteiger partial charge in [-0.05, 0) is 72.8 Å². The van der Waals surface area contributed by atoms with E-state index in [1.165, 1.54) is 59.8 Å². The molecule has 0 amide bonds. The van der Waals surface area contributed by atoms with Crippen LogP contribution in [0.4, 0.5) is 0 Å². The molecule has 0 aliphatic heterocycles. The number of benzene rings is 6. The quantitative estimate of drug-likeness (QED) is 0.256. The Kier molecular flexibility index (Phi) is 3.48. The first kappa shape index (κ1) is 16.3. The van der Waals surface area contributed by atoms with Crippen LogP contribution in [0.15, 0.2) is 103 Å². The van der Waals surface area contributed by atoms with Crippen molar-refractivity contribution in [2.75, 3.05) is 0 Å². The summed E-state index contributed by atoms with van der Waals surface area (Å²) in [6, 6.07) is 37.6. The minimum atomic E-state index is 1.28. The maximum absolute atomic E-state index is 2.38. The Balaban J connectivity index is 1.72. The van der Waals surface area contributed by atoms with Crippen molar-refractivity contribution in [3.8, 4) is 11.1 Å². The SMILES string of the molecule is Cc1c(-c2ccc3c4ccccc4c4ccccc4c3c2)ccc2ccccc12. The Hall–Kier alpha value is -3.64. The molecule has 6 rings (SSSR count). The number of aryl methyl sites for hydroxylation is 1. The molecule has 0 spiro atoms. The molecule has 0 heterocycles. The lowest BCUT2D eigenvalue weighted by Crippen LogP contribution is -1.88. The van der Waals surface area contributed by atoms with Gasteiger partial charge in [-0.2, -0.15) is 0 Å². The molecule has 0 saturated carbocycles. The van der Waals surface area contributed by atoms with Crippen LogP contribution in [0, 0.1) is 6.92 Å². The summed E-state index contributed by atoms with van der Waals surface area (Å²) in [6.07, 6.45) is 0. The molecular formula is C29H20. The number of rotatable bonds is 1. The Morgan fingerprint density at radius 1 is 0.414 bits per heavy atom. The summed E-state index contributed by atoms with van der Waals surface area (Å²) in [5, 5.41) is 10.6. The molecule has 136 valence electrons. The molecule has 6 aromatic carbocycles. The number of hydrogen-bond donors (Lipinski definition) is 0. The first-order valence-corrected chi connectivity index (χ1v) is 10.1. The molecule has 0 aromatic heterocycles. The van der Waals surface area contributed by atoms with Gasteiger partial charge in [-0.15, -0.1) is 0 Å². The molecule has 0 nitrogen and oxygen atoms in total. The molecular weight excluding hydrogens is 348 g/mol. The minimum absolute atomic E-state index is 1.28. The smallest absolute Gasteiger partial charge is 0.00928 e. The van der Waals surface area contributed by atoms with Gasteiger partial charge in [0.05, 0.1) is 0 Å². The van der Waals surface area contributed by atoms with E-state index in [0.717, 1.165) is 0 Å². The summed E-state index contributed by atoms with van der Waals surface area (Å²) in [5.74, 6) is 0. The molecule has 0 heteroatoms. The molecule has 0 aliphatic rings. The van der Waals surface area contributed by atoms with Crippen molar-refractivity contribution < 1.29 is 0 Å². The number of fused-ring (bicyclic) bond motifs is 7. The molecule has 0 atom stereocenters. The van der Waals surface area contributed by atoms with Crippen molar-refractivity contribution in [1.29, 1.82) is 0 Å². The van der Waals surface area contributed by atoms with Gasteiger partial charge in [-0.25, -0.2) is 0 Å². The fraction of sp³-hybridized carbons (Fsp3) is 0.0345. The van der Waals surface area contributed by atoms with E-state index in [9.17, 15) is 0 Å². The highest BCUT2D eigenvalue weighted by atomic mass is 14.1. The normalized spacial score (nSPS) is 11.6. The first-order chi connectivity index (χ1) is 14.3. The highest BCUT2D eigenvalue weighted by Gasteiger charge is 2.11. The highest BCUT2D eigenvalue weighted by Crippen LogP contribution is 2.38. The van der Waals surface area contributed by atoms with Crippen molar-refractivity contribution in [3.05, 3.63) is 109 Å².